The highest BCUT2D eigenvalue weighted by molar-refractivity contribution is 6.01. The number of fused-ring (bicyclic) bond motifs is 3. The van der Waals surface area contributed by atoms with Gasteiger partial charge in [0.25, 0.3) is 0 Å². The fourth-order valence-electron chi connectivity index (χ4n) is 4.35. The number of rotatable bonds is 4. The van der Waals surface area contributed by atoms with Gasteiger partial charge in [0.15, 0.2) is 0 Å². The van der Waals surface area contributed by atoms with Crippen LogP contribution in [0.4, 0.5) is 28.4 Å². The van der Waals surface area contributed by atoms with Gasteiger partial charge in [-0.3, -0.25) is 0 Å². The van der Waals surface area contributed by atoms with Gasteiger partial charge in [-0.05, 0) is 35.7 Å². The molecular formula is C30H21N5. The third-order valence-corrected chi connectivity index (χ3v) is 6.11. The van der Waals surface area contributed by atoms with E-state index in [2.05, 4.69) is 38.7 Å². The Bertz CT molecular complexity index is 1760. The first-order valence-corrected chi connectivity index (χ1v) is 11.4. The lowest BCUT2D eigenvalue weighted by Gasteiger charge is -2.06. The van der Waals surface area contributed by atoms with Crippen molar-refractivity contribution in [1.29, 1.82) is 0 Å². The van der Waals surface area contributed by atoms with E-state index in [4.69, 9.17) is 5.73 Å². The minimum Gasteiger partial charge on any atom is -0.398 e. The third kappa shape index (κ3) is 3.89. The van der Waals surface area contributed by atoms with E-state index in [0.717, 1.165) is 60.8 Å². The second kappa shape index (κ2) is 8.80. The SMILES string of the molecule is Nc1ccc(N=Nc2ccc(N=Nc3cccc4ccccc34)c3ccccc23)c2ccccc12. The lowest BCUT2D eigenvalue weighted by atomic mass is 10.1. The van der Waals surface area contributed by atoms with Crippen LogP contribution in [0.25, 0.3) is 32.3 Å². The van der Waals surface area contributed by atoms with Gasteiger partial charge in [0.05, 0.1) is 22.7 Å². The van der Waals surface area contributed by atoms with E-state index < -0.39 is 0 Å². The molecular weight excluding hydrogens is 430 g/mol. The molecule has 6 aromatic rings. The number of nitrogen functional groups attached to an aromatic ring is 1. The minimum atomic E-state index is 0.728. The standard InChI is InChI=1S/C30H21N5/c31-26-16-17-28(23-12-4-3-11-22(23)26)33-35-30-19-18-29(24-13-5-6-14-25(24)30)34-32-27-15-7-9-20-8-1-2-10-21(20)27/h1-19H,31H2. The highest BCUT2D eigenvalue weighted by Crippen LogP contribution is 2.37. The Labute approximate surface area is 202 Å². The summed E-state index contributed by atoms with van der Waals surface area (Å²) in [4.78, 5) is 0. The molecule has 0 amide bonds. The van der Waals surface area contributed by atoms with Gasteiger partial charge < -0.3 is 5.73 Å². The van der Waals surface area contributed by atoms with Crippen LogP contribution in [-0.2, 0) is 0 Å². The van der Waals surface area contributed by atoms with Crippen molar-refractivity contribution in [3.63, 3.8) is 0 Å². The van der Waals surface area contributed by atoms with Gasteiger partial charge in [-0.1, -0.05) is 84.9 Å². The fourth-order valence-corrected chi connectivity index (χ4v) is 4.35. The monoisotopic (exact) mass is 451 g/mol. The second-order valence-corrected chi connectivity index (χ2v) is 8.27. The summed E-state index contributed by atoms with van der Waals surface area (Å²) < 4.78 is 0. The zero-order chi connectivity index (χ0) is 23.6. The molecule has 0 fully saturated rings. The average Bonchev–Trinajstić information content (AvgIpc) is 2.92. The Morgan fingerprint density at radius 1 is 0.343 bits per heavy atom. The van der Waals surface area contributed by atoms with Crippen molar-refractivity contribution in [3.05, 3.63) is 115 Å². The molecule has 6 aromatic carbocycles. The van der Waals surface area contributed by atoms with Crippen LogP contribution >= 0.6 is 0 Å². The van der Waals surface area contributed by atoms with Crippen LogP contribution in [0, 0.1) is 0 Å². The van der Waals surface area contributed by atoms with Gasteiger partial charge in [-0.15, -0.1) is 20.5 Å². The Balaban J connectivity index is 1.40. The summed E-state index contributed by atoms with van der Waals surface area (Å²) in [5.74, 6) is 0. The van der Waals surface area contributed by atoms with Crippen molar-refractivity contribution in [3.8, 4) is 0 Å². The molecule has 2 N–H and O–H groups in total. The highest BCUT2D eigenvalue weighted by atomic mass is 15.1. The Morgan fingerprint density at radius 3 is 1.34 bits per heavy atom. The Morgan fingerprint density at radius 2 is 0.743 bits per heavy atom. The molecule has 0 saturated carbocycles. The summed E-state index contributed by atoms with van der Waals surface area (Å²) in [5, 5.41) is 24.4. The quantitative estimate of drug-likeness (QED) is 0.210. The topological polar surface area (TPSA) is 75.5 Å². The molecule has 35 heavy (non-hydrogen) atoms. The van der Waals surface area contributed by atoms with E-state index in [0.29, 0.717) is 0 Å². The van der Waals surface area contributed by atoms with Crippen molar-refractivity contribution in [1.82, 2.24) is 0 Å². The maximum absolute atomic E-state index is 6.13. The van der Waals surface area contributed by atoms with Crippen LogP contribution in [0.3, 0.4) is 0 Å². The number of hydrogen-bond acceptors (Lipinski definition) is 5. The summed E-state index contributed by atoms with van der Waals surface area (Å²) in [7, 11) is 0. The van der Waals surface area contributed by atoms with E-state index in [1.165, 1.54) is 0 Å². The van der Waals surface area contributed by atoms with Gasteiger partial charge in [-0.2, -0.15) is 0 Å². The van der Waals surface area contributed by atoms with Crippen LogP contribution in [0.5, 0.6) is 0 Å². The molecule has 0 radical (unpaired) electrons. The molecule has 5 nitrogen and oxygen atoms in total. The molecule has 0 aromatic heterocycles. The van der Waals surface area contributed by atoms with Crippen molar-refractivity contribution in [2.24, 2.45) is 20.5 Å². The van der Waals surface area contributed by atoms with Gasteiger partial charge in [-0.25, -0.2) is 0 Å². The maximum atomic E-state index is 6.13. The molecule has 0 atom stereocenters. The van der Waals surface area contributed by atoms with Crippen molar-refractivity contribution in [2.45, 2.75) is 0 Å². The smallest absolute Gasteiger partial charge is 0.0936 e. The number of hydrogen-bond donors (Lipinski definition) is 1. The second-order valence-electron chi connectivity index (χ2n) is 8.27. The predicted molar refractivity (Wildman–Crippen MR) is 145 cm³/mol. The lowest BCUT2D eigenvalue weighted by molar-refractivity contribution is 1.24. The lowest BCUT2D eigenvalue weighted by Crippen LogP contribution is -1.86. The zero-order valence-corrected chi connectivity index (χ0v) is 18.8. The summed E-state index contributed by atoms with van der Waals surface area (Å²) in [6.07, 6.45) is 0. The third-order valence-electron chi connectivity index (χ3n) is 6.11. The van der Waals surface area contributed by atoms with E-state index in [1.807, 2.05) is 97.1 Å². The van der Waals surface area contributed by atoms with Crippen LogP contribution in [0.15, 0.2) is 136 Å². The number of nitrogens with zero attached hydrogens (tertiary/aromatic N) is 4. The fraction of sp³-hybridized carbons (Fsp3) is 0. The Hall–Kier alpha value is -4.90. The number of benzene rings is 6. The van der Waals surface area contributed by atoms with Crippen molar-refractivity contribution < 1.29 is 0 Å². The molecule has 0 aliphatic carbocycles. The molecule has 0 aliphatic rings. The number of azo groups is 2. The van der Waals surface area contributed by atoms with E-state index in [-0.39, 0.29) is 0 Å². The minimum absolute atomic E-state index is 0.728. The largest absolute Gasteiger partial charge is 0.398 e. The summed E-state index contributed by atoms with van der Waals surface area (Å²) >= 11 is 0. The van der Waals surface area contributed by atoms with Gasteiger partial charge in [0.1, 0.15) is 0 Å². The molecule has 0 spiro atoms. The summed E-state index contributed by atoms with van der Waals surface area (Å²) in [5.41, 5.74) is 10.0. The van der Waals surface area contributed by atoms with Crippen LogP contribution < -0.4 is 5.73 Å². The molecule has 0 aliphatic heterocycles. The zero-order valence-electron chi connectivity index (χ0n) is 18.8. The molecule has 0 heterocycles. The van der Waals surface area contributed by atoms with Crippen molar-refractivity contribution in [2.75, 3.05) is 5.73 Å². The molecule has 0 saturated heterocycles. The highest BCUT2D eigenvalue weighted by Gasteiger charge is 2.07. The van der Waals surface area contributed by atoms with Crippen LogP contribution in [0.1, 0.15) is 0 Å². The first-order chi connectivity index (χ1) is 17.3. The number of anilines is 1. The molecule has 0 unspecified atom stereocenters. The molecule has 0 bridgehead atoms. The van der Waals surface area contributed by atoms with Crippen molar-refractivity contribution >= 4 is 60.8 Å². The molecule has 166 valence electrons. The maximum Gasteiger partial charge on any atom is 0.0936 e. The molecule has 5 heteroatoms. The van der Waals surface area contributed by atoms with Crippen LogP contribution in [-0.4, -0.2) is 0 Å². The van der Waals surface area contributed by atoms with E-state index >= 15 is 0 Å². The molecule has 6 rings (SSSR count). The summed E-state index contributed by atoms with van der Waals surface area (Å²) in [6, 6.07) is 37.9. The van der Waals surface area contributed by atoms with Gasteiger partial charge in [0, 0.05) is 32.6 Å². The van der Waals surface area contributed by atoms with Gasteiger partial charge >= 0.3 is 0 Å². The predicted octanol–water partition coefficient (Wildman–Crippen LogP) is 9.56. The van der Waals surface area contributed by atoms with E-state index in [1.54, 1.807) is 0 Å². The van der Waals surface area contributed by atoms with Crippen LogP contribution in [0.2, 0.25) is 0 Å². The van der Waals surface area contributed by atoms with E-state index in [9.17, 15) is 0 Å². The first kappa shape index (κ1) is 20.7. The van der Waals surface area contributed by atoms with Gasteiger partial charge in [0.2, 0.25) is 0 Å². The summed E-state index contributed by atoms with van der Waals surface area (Å²) in [6.45, 7) is 0. The first-order valence-electron chi connectivity index (χ1n) is 11.4. The number of nitrogens with two attached hydrogens (primary N) is 1. The average molecular weight is 452 g/mol. The Kier molecular flexibility index (Phi) is 5.20. The normalized spacial score (nSPS) is 11.9.